The van der Waals surface area contributed by atoms with Crippen LogP contribution in [0.15, 0.2) is 12.3 Å². The topological polar surface area (TPSA) is 109 Å². The summed E-state index contributed by atoms with van der Waals surface area (Å²) >= 11 is 0. The monoisotopic (exact) mass is 305 g/mol. The van der Waals surface area contributed by atoms with Crippen LogP contribution in [0.4, 0.5) is 0 Å². The number of fused-ring (bicyclic) bond motifs is 1. The summed E-state index contributed by atoms with van der Waals surface area (Å²) in [6, 6.07) is 1.76. The van der Waals surface area contributed by atoms with E-state index in [2.05, 4.69) is 20.4 Å². The zero-order chi connectivity index (χ0) is 16.3. The molecule has 0 aliphatic heterocycles. The Kier molecular flexibility index (Phi) is 4.39. The van der Waals surface area contributed by atoms with Crippen molar-refractivity contribution in [1.82, 2.24) is 24.9 Å². The predicted molar refractivity (Wildman–Crippen MR) is 78.5 cm³/mol. The van der Waals surface area contributed by atoms with Crippen molar-refractivity contribution in [3.8, 4) is 0 Å². The fraction of sp³-hybridized carbons (Fsp3) is 0.500. The molecule has 118 valence electrons. The zero-order valence-electron chi connectivity index (χ0n) is 12.8. The smallest absolute Gasteiger partial charge is 0.311 e. The van der Waals surface area contributed by atoms with Crippen molar-refractivity contribution in [3.05, 3.63) is 23.8 Å². The molecule has 0 radical (unpaired) electrons. The number of rotatable bonds is 6. The normalized spacial score (nSPS) is 11.6. The molecule has 0 atom stereocenters. The molecular weight excluding hydrogens is 286 g/mol. The van der Waals surface area contributed by atoms with Gasteiger partial charge in [-0.2, -0.15) is 4.98 Å². The molecule has 0 aliphatic rings. The van der Waals surface area contributed by atoms with Crippen LogP contribution >= 0.6 is 0 Å². The Labute approximate surface area is 127 Å². The van der Waals surface area contributed by atoms with Crippen molar-refractivity contribution >= 4 is 17.7 Å². The largest absolute Gasteiger partial charge is 0.481 e. The molecule has 0 unspecified atom stereocenters. The predicted octanol–water partition coefficient (Wildman–Crippen LogP) is 1.05. The fourth-order valence-corrected chi connectivity index (χ4v) is 2.21. The van der Waals surface area contributed by atoms with Gasteiger partial charge in [0.05, 0.1) is 5.41 Å². The first-order chi connectivity index (χ1) is 10.4. The molecule has 2 heterocycles. The van der Waals surface area contributed by atoms with E-state index in [1.807, 2.05) is 6.92 Å². The van der Waals surface area contributed by atoms with E-state index in [4.69, 9.17) is 0 Å². The van der Waals surface area contributed by atoms with E-state index >= 15 is 0 Å². The van der Waals surface area contributed by atoms with E-state index in [9.17, 15) is 14.7 Å². The third kappa shape index (κ3) is 2.76. The quantitative estimate of drug-likeness (QED) is 0.825. The molecule has 0 saturated carbocycles. The summed E-state index contributed by atoms with van der Waals surface area (Å²) in [6.45, 7) is 5.45. The molecule has 0 fully saturated rings. The van der Waals surface area contributed by atoms with E-state index in [1.54, 1.807) is 26.1 Å². The van der Waals surface area contributed by atoms with Gasteiger partial charge in [0.15, 0.2) is 0 Å². The lowest BCUT2D eigenvalue weighted by Gasteiger charge is -2.26. The Morgan fingerprint density at radius 1 is 1.36 bits per heavy atom. The zero-order valence-corrected chi connectivity index (χ0v) is 12.8. The van der Waals surface area contributed by atoms with Gasteiger partial charge < -0.3 is 10.4 Å². The highest BCUT2D eigenvalue weighted by Gasteiger charge is 2.35. The number of carbonyl (C=O) groups is 2. The highest BCUT2D eigenvalue weighted by atomic mass is 16.4. The van der Waals surface area contributed by atoms with Crippen molar-refractivity contribution in [2.75, 3.05) is 6.54 Å². The number of carboxylic acids is 1. The molecule has 0 aromatic carbocycles. The van der Waals surface area contributed by atoms with Crippen LogP contribution in [0.25, 0.3) is 5.78 Å². The lowest BCUT2D eigenvalue weighted by molar-refractivity contribution is -0.149. The SMILES string of the molecule is CCC(CC)(CNC(=O)c1nc2nccc(C)n2n1)C(=O)O. The number of aryl methyl sites for hydroxylation is 1. The van der Waals surface area contributed by atoms with E-state index in [0.29, 0.717) is 18.6 Å². The van der Waals surface area contributed by atoms with Crippen molar-refractivity contribution < 1.29 is 14.7 Å². The van der Waals surface area contributed by atoms with Gasteiger partial charge in [-0.05, 0) is 25.8 Å². The highest BCUT2D eigenvalue weighted by Crippen LogP contribution is 2.25. The highest BCUT2D eigenvalue weighted by molar-refractivity contribution is 5.91. The van der Waals surface area contributed by atoms with E-state index in [1.165, 1.54) is 4.52 Å². The average molecular weight is 305 g/mol. The molecule has 22 heavy (non-hydrogen) atoms. The Morgan fingerprint density at radius 2 is 2.05 bits per heavy atom. The number of hydrogen-bond donors (Lipinski definition) is 2. The van der Waals surface area contributed by atoms with E-state index < -0.39 is 17.3 Å². The summed E-state index contributed by atoms with van der Waals surface area (Å²) in [7, 11) is 0. The first kappa shape index (κ1) is 15.9. The van der Waals surface area contributed by atoms with Gasteiger partial charge >= 0.3 is 5.97 Å². The maximum Gasteiger partial charge on any atom is 0.311 e. The van der Waals surface area contributed by atoms with E-state index in [-0.39, 0.29) is 12.4 Å². The van der Waals surface area contributed by atoms with Crippen LogP contribution in [-0.2, 0) is 4.79 Å². The summed E-state index contributed by atoms with van der Waals surface area (Å²) in [5, 5.41) is 16.1. The standard InChI is InChI=1S/C14H19N5O3/c1-4-14(5-2,12(21)22)8-16-11(20)10-17-13-15-7-6-9(3)19(13)18-10/h6-7H,4-5,8H2,1-3H3,(H,16,20)(H,21,22). The van der Waals surface area contributed by atoms with Crippen molar-refractivity contribution in [1.29, 1.82) is 0 Å². The van der Waals surface area contributed by atoms with Gasteiger partial charge in [-0.1, -0.05) is 13.8 Å². The summed E-state index contributed by atoms with van der Waals surface area (Å²) in [4.78, 5) is 31.7. The molecule has 1 amide bonds. The van der Waals surface area contributed by atoms with Crippen LogP contribution in [0.3, 0.4) is 0 Å². The minimum Gasteiger partial charge on any atom is -0.481 e. The second kappa shape index (κ2) is 6.08. The number of aliphatic carboxylic acids is 1. The third-order valence-electron chi connectivity index (χ3n) is 4.03. The van der Waals surface area contributed by atoms with Crippen LogP contribution in [0, 0.1) is 12.3 Å². The van der Waals surface area contributed by atoms with Crippen LogP contribution in [0.1, 0.15) is 43.0 Å². The average Bonchev–Trinajstić information content (AvgIpc) is 2.94. The molecule has 2 aromatic rings. The van der Waals surface area contributed by atoms with Crippen LogP contribution in [0.5, 0.6) is 0 Å². The van der Waals surface area contributed by atoms with Crippen molar-refractivity contribution in [2.24, 2.45) is 5.41 Å². The Bertz CT molecular complexity index is 706. The molecule has 8 heteroatoms. The lowest BCUT2D eigenvalue weighted by Crippen LogP contribution is -2.42. The molecule has 8 nitrogen and oxygen atoms in total. The number of nitrogens with one attached hydrogen (secondary N) is 1. The molecular formula is C14H19N5O3. The first-order valence-corrected chi connectivity index (χ1v) is 7.13. The Balaban J connectivity index is 2.17. The summed E-state index contributed by atoms with van der Waals surface area (Å²) in [5.74, 6) is -1.11. The second-order valence-electron chi connectivity index (χ2n) is 5.21. The molecule has 2 rings (SSSR count). The van der Waals surface area contributed by atoms with E-state index in [0.717, 1.165) is 5.69 Å². The number of amides is 1. The van der Waals surface area contributed by atoms with Gasteiger partial charge in [-0.3, -0.25) is 9.59 Å². The maximum atomic E-state index is 12.2. The Morgan fingerprint density at radius 3 is 2.59 bits per heavy atom. The van der Waals surface area contributed by atoms with Crippen LogP contribution in [0.2, 0.25) is 0 Å². The van der Waals surface area contributed by atoms with Crippen LogP contribution < -0.4 is 5.32 Å². The van der Waals surface area contributed by atoms with Crippen molar-refractivity contribution in [2.45, 2.75) is 33.6 Å². The Hall–Kier alpha value is -2.51. The first-order valence-electron chi connectivity index (χ1n) is 7.13. The molecule has 0 bridgehead atoms. The summed E-state index contributed by atoms with van der Waals surface area (Å²) < 4.78 is 1.47. The minimum atomic E-state index is -0.969. The number of carbonyl (C=O) groups excluding carboxylic acids is 1. The number of nitrogens with zero attached hydrogens (tertiary/aromatic N) is 4. The molecule has 0 saturated heterocycles. The number of aromatic nitrogens is 4. The van der Waals surface area contributed by atoms with Gasteiger partial charge in [0, 0.05) is 18.4 Å². The summed E-state index contributed by atoms with van der Waals surface area (Å²) in [5.41, 5.74) is -0.165. The number of hydrogen-bond acceptors (Lipinski definition) is 5. The molecule has 0 spiro atoms. The second-order valence-corrected chi connectivity index (χ2v) is 5.21. The number of carboxylic acid groups (broad SMARTS) is 1. The molecule has 0 aliphatic carbocycles. The minimum absolute atomic E-state index is 0.0201. The third-order valence-corrected chi connectivity index (χ3v) is 4.03. The van der Waals surface area contributed by atoms with Crippen molar-refractivity contribution in [3.63, 3.8) is 0 Å². The fourth-order valence-electron chi connectivity index (χ4n) is 2.21. The summed E-state index contributed by atoms with van der Waals surface area (Å²) in [6.07, 6.45) is 2.45. The van der Waals surface area contributed by atoms with Gasteiger partial charge in [-0.25, -0.2) is 9.50 Å². The lowest BCUT2D eigenvalue weighted by atomic mass is 9.82. The molecule has 2 N–H and O–H groups in total. The molecule has 2 aromatic heterocycles. The maximum absolute atomic E-state index is 12.2. The van der Waals surface area contributed by atoms with Gasteiger partial charge in [0.1, 0.15) is 0 Å². The van der Waals surface area contributed by atoms with Gasteiger partial charge in [0.25, 0.3) is 11.7 Å². The van der Waals surface area contributed by atoms with Gasteiger partial charge in [-0.15, -0.1) is 5.10 Å². The van der Waals surface area contributed by atoms with Crippen LogP contribution in [-0.4, -0.2) is 43.1 Å². The van der Waals surface area contributed by atoms with Gasteiger partial charge in [0.2, 0.25) is 5.82 Å².